The monoisotopic (exact) mass is 131 g/mol. The molecule has 47 valence electrons. The molecule has 0 aliphatic heterocycles. The molecule has 0 saturated heterocycles. The summed E-state index contributed by atoms with van der Waals surface area (Å²) in [5, 5.41) is 0. The lowest BCUT2D eigenvalue weighted by atomic mass is 10.4. The minimum absolute atomic E-state index is 0.344. The van der Waals surface area contributed by atoms with Crippen molar-refractivity contribution in [2.75, 3.05) is 13.4 Å². The van der Waals surface area contributed by atoms with E-state index in [-0.39, 0.29) is 0 Å². The molecule has 0 aliphatic rings. The summed E-state index contributed by atoms with van der Waals surface area (Å²) in [4.78, 5) is 0. The molecular weight excluding hydrogens is 120 g/mol. The first-order valence-electron chi connectivity index (χ1n) is 2.78. The Labute approximate surface area is 53.7 Å². The average Bonchev–Trinajstić information content (AvgIpc) is 1.81. The van der Waals surface area contributed by atoms with Crippen LogP contribution in [-0.4, -0.2) is 23.9 Å². The van der Waals surface area contributed by atoms with Crippen molar-refractivity contribution < 1.29 is 9.16 Å². The molecule has 0 aliphatic carbocycles. The third-order valence-corrected chi connectivity index (χ3v) is 0.902. The fourth-order valence-electron chi connectivity index (χ4n) is 0.347. The van der Waals surface area contributed by atoms with Crippen LogP contribution in [0.5, 0.6) is 0 Å². The van der Waals surface area contributed by atoms with Crippen molar-refractivity contribution in [1.29, 1.82) is 0 Å². The van der Waals surface area contributed by atoms with Crippen molar-refractivity contribution in [2.45, 2.75) is 19.8 Å². The molecule has 3 heteroatoms. The zero-order chi connectivity index (χ0) is 6.24. The Morgan fingerprint density at radius 3 is 2.75 bits per heavy atom. The molecule has 0 spiro atoms. The van der Waals surface area contributed by atoms with Gasteiger partial charge >= 0.3 is 0 Å². The van der Waals surface area contributed by atoms with E-state index in [0.717, 1.165) is 13.0 Å². The van der Waals surface area contributed by atoms with Crippen molar-refractivity contribution in [3.63, 3.8) is 0 Å². The molecular formula is C5H11O2Si. The lowest BCUT2D eigenvalue weighted by molar-refractivity contribution is 0.0190. The Kier molecular flexibility index (Phi) is 7.26. The second-order valence-corrected chi connectivity index (χ2v) is 1.81. The molecule has 3 radical (unpaired) electrons. The maximum atomic E-state index is 4.95. The molecule has 0 saturated carbocycles. The van der Waals surface area contributed by atoms with Crippen LogP contribution in [0.1, 0.15) is 19.8 Å². The van der Waals surface area contributed by atoms with E-state index < -0.39 is 0 Å². The molecule has 8 heavy (non-hydrogen) atoms. The maximum Gasteiger partial charge on any atom is 0.249 e. The highest BCUT2D eigenvalue weighted by Gasteiger charge is 1.81. The van der Waals surface area contributed by atoms with Crippen LogP contribution in [0.3, 0.4) is 0 Å². The van der Waals surface area contributed by atoms with Crippen LogP contribution in [0.15, 0.2) is 0 Å². The number of rotatable bonds is 5. The first-order chi connectivity index (χ1) is 3.91. The van der Waals surface area contributed by atoms with Gasteiger partial charge in [0.25, 0.3) is 0 Å². The summed E-state index contributed by atoms with van der Waals surface area (Å²) in [5.74, 6) is 0. The van der Waals surface area contributed by atoms with Gasteiger partial charge in [-0.2, -0.15) is 0 Å². The van der Waals surface area contributed by atoms with Crippen molar-refractivity contribution in [3.8, 4) is 0 Å². The highest BCUT2D eigenvalue weighted by molar-refractivity contribution is 5.97. The van der Waals surface area contributed by atoms with Crippen LogP contribution >= 0.6 is 0 Å². The maximum absolute atomic E-state index is 4.95. The molecule has 0 amide bonds. The van der Waals surface area contributed by atoms with Gasteiger partial charge in [-0.15, -0.1) is 0 Å². The second kappa shape index (κ2) is 7.14. The molecule has 0 aromatic rings. The molecule has 0 N–H and O–H groups in total. The van der Waals surface area contributed by atoms with Gasteiger partial charge in [-0.1, -0.05) is 13.3 Å². The largest absolute Gasteiger partial charge is 0.397 e. The first-order valence-corrected chi connectivity index (χ1v) is 3.19. The number of unbranched alkanes of at least 4 members (excludes halogenated alkanes) is 1. The highest BCUT2D eigenvalue weighted by atomic mass is 28.2. The summed E-state index contributed by atoms with van der Waals surface area (Å²) in [7, 11) is 2.82. The van der Waals surface area contributed by atoms with E-state index in [1.54, 1.807) is 0 Å². The molecule has 0 unspecified atom stereocenters. The van der Waals surface area contributed by atoms with Crippen LogP contribution in [-0.2, 0) is 9.16 Å². The summed E-state index contributed by atoms with van der Waals surface area (Å²) in [6.07, 6.45) is 2.28. The van der Waals surface area contributed by atoms with Gasteiger partial charge in [0.15, 0.2) is 0 Å². The van der Waals surface area contributed by atoms with Gasteiger partial charge in [-0.25, -0.2) is 0 Å². The van der Waals surface area contributed by atoms with E-state index in [1.807, 2.05) is 0 Å². The zero-order valence-corrected chi connectivity index (χ0v) is 6.14. The van der Waals surface area contributed by atoms with Gasteiger partial charge in [0.2, 0.25) is 10.5 Å². The van der Waals surface area contributed by atoms with E-state index >= 15 is 0 Å². The molecule has 0 atom stereocenters. The minimum atomic E-state index is 0.344. The van der Waals surface area contributed by atoms with Gasteiger partial charge < -0.3 is 9.16 Å². The predicted octanol–water partition coefficient (Wildman–Crippen LogP) is 0.861. The molecule has 0 aromatic carbocycles. The molecule has 0 heterocycles. The lowest BCUT2D eigenvalue weighted by Crippen LogP contribution is -1.98. The first kappa shape index (κ1) is 8.14. The number of hydrogen-bond acceptors (Lipinski definition) is 2. The average molecular weight is 131 g/mol. The number of ether oxygens (including phenoxy) is 1. The molecule has 0 bridgehead atoms. The Balaban J connectivity index is 2.53. The van der Waals surface area contributed by atoms with Gasteiger partial charge in [0.1, 0.15) is 6.79 Å². The Morgan fingerprint density at radius 1 is 1.50 bits per heavy atom. The molecule has 0 rings (SSSR count). The van der Waals surface area contributed by atoms with Gasteiger partial charge in [-0.05, 0) is 6.42 Å². The van der Waals surface area contributed by atoms with Crippen molar-refractivity contribution in [2.24, 2.45) is 0 Å². The van der Waals surface area contributed by atoms with Crippen LogP contribution < -0.4 is 0 Å². The smallest absolute Gasteiger partial charge is 0.249 e. The standard InChI is InChI=1S/C5H11O2Si/c1-2-3-4-6-5-7-8/h2-5H2,1H3. The lowest BCUT2D eigenvalue weighted by Gasteiger charge is -1.98. The van der Waals surface area contributed by atoms with Gasteiger partial charge in [0.05, 0.1) is 0 Å². The van der Waals surface area contributed by atoms with Crippen LogP contribution in [0.4, 0.5) is 0 Å². The van der Waals surface area contributed by atoms with Gasteiger partial charge in [0, 0.05) is 6.61 Å². The molecule has 0 fully saturated rings. The van der Waals surface area contributed by atoms with Crippen molar-refractivity contribution in [1.82, 2.24) is 0 Å². The van der Waals surface area contributed by atoms with Gasteiger partial charge in [-0.3, -0.25) is 0 Å². The summed E-state index contributed by atoms with van der Waals surface area (Å²) >= 11 is 0. The van der Waals surface area contributed by atoms with E-state index in [0.29, 0.717) is 6.79 Å². The SMILES string of the molecule is CCCCOCO[Si]. The molecule has 0 aromatic heterocycles. The highest BCUT2D eigenvalue weighted by Crippen LogP contribution is 1.86. The summed E-state index contributed by atoms with van der Waals surface area (Å²) in [6, 6.07) is 0. The Hall–Kier alpha value is 0.137. The third-order valence-electron chi connectivity index (χ3n) is 0.784. The zero-order valence-electron chi connectivity index (χ0n) is 5.14. The topological polar surface area (TPSA) is 18.5 Å². The quantitative estimate of drug-likeness (QED) is 0.313. The Bertz CT molecular complexity index is 35.4. The Morgan fingerprint density at radius 2 is 2.25 bits per heavy atom. The third kappa shape index (κ3) is 6.14. The summed E-state index contributed by atoms with van der Waals surface area (Å²) in [5.41, 5.74) is 0. The minimum Gasteiger partial charge on any atom is -0.397 e. The van der Waals surface area contributed by atoms with E-state index in [1.165, 1.54) is 6.42 Å². The fourth-order valence-corrected chi connectivity index (χ4v) is 0.430. The normalized spacial score (nSPS) is 9.75. The van der Waals surface area contributed by atoms with E-state index in [4.69, 9.17) is 4.74 Å². The predicted molar refractivity (Wildman–Crippen MR) is 32.6 cm³/mol. The van der Waals surface area contributed by atoms with Crippen LogP contribution in [0.2, 0.25) is 0 Å². The fraction of sp³-hybridized carbons (Fsp3) is 1.00. The van der Waals surface area contributed by atoms with E-state index in [9.17, 15) is 0 Å². The number of hydrogen-bond donors (Lipinski definition) is 0. The van der Waals surface area contributed by atoms with Crippen molar-refractivity contribution >= 4 is 10.5 Å². The van der Waals surface area contributed by atoms with Crippen LogP contribution in [0.25, 0.3) is 0 Å². The van der Waals surface area contributed by atoms with E-state index in [2.05, 4.69) is 21.8 Å². The summed E-state index contributed by atoms with van der Waals surface area (Å²) in [6.45, 7) is 3.26. The summed E-state index contributed by atoms with van der Waals surface area (Å²) < 4.78 is 9.42. The van der Waals surface area contributed by atoms with Crippen molar-refractivity contribution in [3.05, 3.63) is 0 Å². The van der Waals surface area contributed by atoms with Crippen LogP contribution in [0, 0.1) is 0 Å². The molecule has 2 nitrogen and oxygen atoms in total. The second-order valence-electron chi connectivity index (χ2n) is 1.52.